The zero-order valence-corrected chi connectivity index (χ0v) is 18.4. The quantitative estimate of drug-likeness (QED) is 0.706. The average Bonchev–Trinajstić information content (AvgIpc) is 2.78. The van der Waals surface area contributed by atoms with Gasteiger partial charge in [0, 0.05) is 33.7 Å². The number of fused-ring (bicyclic) bond motifs is 1. The Labute approximate surface area is 179 Å². The number of rotatable bonds is 5. The van der Waals surface area contributed by atoms with Gasteiger partial charge in [0.15, 0.2) is 9.84 Å². The molecule has 1 heterocycles. The molecular formula is C20H21ClN2O4S2. The molecule has 2 aromatic carbocycles. The second-order valence-electron chi connectivity index (χ2n) is 6.92. The average molecular weight is 453 g/mol. The molecule has 0 aromatic heterocycles. The van der Waals surface area contributed by atoms with E-state index in [-0.39, 0.29) is 28.2 Å². The molecular weight excluding hydrogens is 432 g/mol. The van der Waals surface area contributed by atoms with Crippen molar-refractivity contribution in [1.29, 1.82) is 0 Å². The topological polar surface area (TPSA) is 92.3 Å². The van der Waals surface area contributed by atoms with Crippen molar-refractivity contribution in [2.45, 2.75) is 41.7 Å². The number of benzene rings is 2. The number of carbonyl (C=O) groups excluding carboxylic acids is 2. The third-order valence-corrected chi connectivity index (χ3v) is 7.74. The maximum Gasteiger partial charge on any atom is 0.225 e. The first kappa shape index (κ1) is 21.7. The van der Waals surface area contributed by atoms with Gasteiger partial charge in [-0.3, -0.25) is 9.59 Å². The van der Waals surface area contributed by atoms with E-state index in [1.54, 1.807) is 24.3 Å². The lowest BCUT2D eigenvalue weighted by Crippen LogP contribution is -2.18. The van der Waals surface area contributed by atoms with Gasteiger partial charge in [0.25, 0.3) is 0 Å². The zero-order chi connectivity index (χ0) is 21.2. The Morgan fingerprint density at radius 2 is 2.03 bits per heavy atom. The normalized spacial score (nSPS) is 16.5. The molecule has 0 saturated carbocycles. The number of anilines is 2. The standard InChI is InChI=1S/C20H21ClN2O4S2/c1-12-3-4-14(10-16(12)21)22-19(24)7-8-29(26,27)15-5-6-18-17(11-15)23-20(25)9-13(2)28-18/h3-6,10-11,13H,7-9H2,1-2H3,(H,22,24)(H,23,25). The first-order chi connectivity index (χ1) is 13.6. The molecule has 2 amide bonds. The number of carbonyl (C=O) groups is 2. The fraction of sp³-hybridized carbons (Fsp3) is 0.300. The van der Waals surface area contributed by atoms with Crippen LogP contribution < -0.4 is 10.6 Å². The Bertz CT molecular complexity index is 1070. The summed E-state index contributed by atoms with van der Waals surface area (Å²) >= 11 is 7.56. The van der Waals surface area contributed by atoms with Crippen LogP contribution in [0.15, 0.2) is 46.2 Å². The van der Waals surface area contributed by atoms with E-state index in [0.717, 1.165) is 10.5 Å². The van der Waals surface area contributed by atoms with Crippen LogP contribution in [0.1, 0.15) is 25.3 Å². The van der Waals surface area contributed by atoms with Gasteiger partial charge in [0.05, 0.1) is 16.3 Å². The summed E-state index contributed by atoms with van der Waals surface area (Å²) in [6.07, 6.45) is 0.174. The molecule has 0 spiro atoms. The number of amides is 2. The molecule has 0 saturated heterocycles. The SMILES string of the molecule is Cc1ccc(NC(=O)CCS(=O)(=O)c2ccc3c(c2)NC(=O)CC(C)S3)cc1Cl. The number of aryl methyl sites for hydroxylation is 1. The second kappa shape index (κ2) is 8.77. The van der Waals surface area contributed by atoms with E-state index in [1.807, 2.05) is 13.8 Å². The third kappa shape index (κ3) is 5.52. The van der Waals surface area contributed by atoms with E-state index in [2.05, 4.69) is 10.6 Å². The van der Waals surface area contributed by atoms with Crippen LogP contribution >= 0.6 is 23.4 Å². The highest BCUT2D eigenvalue weighted by atomic mass is 35.5. The second-order valence-corrected chi connectivity index (χ2v) is 10.9. The van der Waals surface area contributed by atoms with Crippen molar-refractivity contribution < 1.29 is 18.0 Å². The molecule has 3 rings (SSSR count). The number of nitrogens with one attached hydrogen (secondary N) is 2. The van der Waals surface area contributed by atoms with Gasteiger partial charge in [-0.1, -0.05) is 24.6 Å². The molecule has 1 atom stereocenters. The molecule has 9 heteroatoms. The van der Waals surface area contributed by atoms with Crippen LogP contribution in [0.5, 0.6) is 0 Å². The van der Waals surface area contributed by atoms with Crippen LogP contribution in [-0.4, -0.2) is 31.2 Å². The van der Waals surface area contributed by atoms with E-state index in [0.29, 0.717) is 22.8 Å². The van der Waals surface area contributed by atoms with Crippen LogP contribution in [0.3, 0.4) is 0 Å². The molecule has 6 nitrogen and oxygen atoms in total. The number of halogens is 1. The molecule has 0 fully saturated rings. The monoisotopic (exact) mass is 452 g/mol. The van der Waals surface area contributed by atoms with Gasteiger partial charge in [-0.2, -0.15) is 0 Å². The van der Waals surface area contributed by atoms with Crippen molar-refractivity contribution in [2.24, 2.45) is 0 Å². The number of hydrogen-bond donors (Lipinski definition) is 2. The van der Waals surface area contributed by atoms with E-state index in [1.165, 1.54) is 23.9 Å². The Balaban J connectivity index is 1.68. The van der Waals surface area contributed by atoms with Gasteiger partial charge in [0.2, 0.25) is 11.8 Å². The maximum absolute atomic E-state index is 12.7. The molecule has 0 aliphatic carbocycles. The molecule has 29 heavy (non-hydrogen) atoms. The minimum Gasteiger partial charge on any atom is -0.326 e. The number of sulfone groups is 1. The van der Waals surface area contributed by atoms with Gasteiger partial charge >= 0.3 is 0 Å². The molecule has 0 bridgehead atoms. The summed E-state index contributed by atoms with van der Waals surface area (Å²) in [4.78, 5) is 25.0. The van der Waals surface area contributed by atoms with Gasteiger partial charge < -0.3 is 10.6 Å². The first-order valence-electron chi connectivity index (χ1n) is 9.03. The highest BCUT2D eigenvalue weighted by Gasteiger charge is 2.23. The lowest BCUT2D eigenvalue weighted by atomic mass is 10.2. The predicted octanol–water partition coefficient (Wildman–Crippen LogP) is 4.27. The molecule has 2 aromatic rings. The third-order valence-electron chi connectivity index (χ3n) is 4.44. The van der Waals surface area contributed by atoms with Gasteiger partial charge in [0.1, 0.15) is 0 Å². The van der Waals surface area contributed by atoms with Gasteiger partial charge in [-0.05, 0) is 42.8 Å². The van der Waals surface area contributed by atoms with Gasteiger partial charge in [-0.25, -0.2) is 8.42 Å². The minimum atomic E-state index is -3.69. The van der Waals surface area contributed by atoms with Crippen LogP contribution in [0.2, 0.25) is 5.02 Å². The van der Waals surface area contributed by atoms with E-state index in [4.69, 9.17) is 11.6 Å². The molecule has 2 N–H and O–H groups in total. The van der Waals surface area contributed by atoms with E-state index in [9.17, 15) is 18.0 Å². The molecule has 1 unspecified atom stereocenters. The van der Waals surface area contributed by atoms with Crippen molar-refractivity contribution >= 4 is 56.4 Å². The van der Waals surface area contributed by atoms with E-state index >= 15 is 0 Å². The number of hydrogen-bond acceptors (Lipinski definition) is 5. The van der Waals surface area contributed by atoms with Crippen LogP contribution in [-0.2, 0) is 19.4 Å². The van der Waals surface area contributed by atoms with Crippen LogP contribution in [0.25, 0.3) is 0 Å². The highest BCUT2D eigenvalue weighted by Crippen LogP contribution is 2.36. The summed E-state index contributed by atoms with van der Waals surface area (Å²) in [5, 5.41) is 6.04. The summed E-state index contributed by atoms with van der Waals surface area (Å²) in [5.41, 5.74) is 1.89. The maximum atomic E-state index is 12.7. The zero-order valence-electron chi connectivity index (χ0n) is 16.0. The smallest absolute Gasteiger partial charge is 0.225 e. The molecule has 1 aliphatic rings. The highest BCUT2D eigenvalue weighted by molar-refractivity contribution is 8.00. The summed E-state index contributed by atoms with van der Waals surface area (Å²) < 4.78 is 25.4. The van der Waals surface area contributed by atoms with Crippen LogP contribution in [0.4, 0.5) is 11.4 Å². The summed E-state index contributed by atoms with van der Waals surface area (Å²) in [5.74, 6) is -0.898. The van der Waals surface area contributed by atoms with E-state index < -0.39 is 15.7 Å². The van der Waals surface area contributed by atoms with Crippen molar-refractivity contribution in [3.05, 3.63) is 47.0 Å². The molecule has 1 aliphatic heterocycles. The van der Waals surface area contributed by atoms with Gasteiger partial charge in [-0.15, -0.1) is 11.8 Å². The minimum absolute atomic E-state index is 0.0814. The lowest BCUT2D eigenvalue weighted by Gasteiger charge is -2.11. The number of thioether (sulfide) groups is 1. The fourth-order valence-electron chi connectivity index (χ4n) is 2.86. The summed E-state index contributed by atoms with van der Waals surface area (Å²) in [6, 6.07) is 9.79. The van der Waals surface area contributed by atoms with Crippen molar-refractivity contribution in [2.75, 3.05) is 16.4 Å². The fourth-order valence-corrected chi connectivity index (χ4v) is 5.36. The largest absolute Gasteiger partial charge is 0.326 e. The van der Waals surface area contributed by atoms with Crippen LogP contribution in [0, 0.1) is 6.92 Å². The van der Waals surface area contributed by atoms with Crippen molar-refractivity contribution in [3.63, 3.8) is 0 Å². The Kier molecular flexibility index (Phi) is 6.55. The Morgan fingerprint density at radius 3 is 2.76 bits per heavy atom. The Hall–Kier alpha value is -2.03. The lowest BCUT2D eigenvalue weighted by molar-refractivity contribution is -0.116. The van der Waals surface area contributed by atoms with Crippen molar-refractivity contribution in [3.8, 4) is 0 Å². The Morgan fingerprint density at radius 1 is 1.28 bits per heavy atom. The molecule has 0 radical (unpaired) electrons. The van der Waals surface area contributed by atoms with Crippen molar-refractivity contribution in [1.82, 2.24) is 0 Å². The summed E-state index contributed by atoms with van der Waals surface area (Å²) in [7, 11) is -3.69. The molecule has 154 valence electrons. The summed E-state index contributed by atoms with van der Waals surface area (Å²) in [6.45, 7) is 3.80. The first-order valence-corrected chi connectivity index (χ1v) is 11.9. The predicted molar refractivity (Wildman–Crippen MR) is 116 cm³/mol.